The molecule has 1 aliphatic rings. The summed E-state index contributed by atoms with van der Waals surface area (Å²) >= 11 is 0. The highest BCUT2D eigenvalue weighted by Crippen LogP contribution is 2.13. The van der Waals surface area contributed by atoms with Crippen LogP contribution in [0.5, 0.6) is 0 Å². The maximum atomic E-state index is 11.1. The number of alkyl halides is 3. The van der Waals surface area contributed by atoms with Gasteiger partial charge < -0.3 is 15.3 Å². The van der Waals surface area contributed by atoms with Crippen molar-refractivity contribution < 1.29 is 27.9 Å². The molecule has 1 rings (SSSR count). The molecule has 0 saturated carbocycles. The molecule has 0 spiro atoms. The van der Waals surface area contributed by atoms with Crippen LogP contribution < -0.4 is 5.32 Å². The third-order valence-corrected chi connectivity index (χ3v) is 2.10. The fourth-order valence-corrected chi connectivity index (χ4v) is 1.26. The number of aliphatic carboxylic acids is 1. The number of nitrogens with zero attached hydrogens (tertiary/aromatic N) is 1. The molecule has 0 aromatic heterocycles. The number of halogens is 3. The number of carbonyl (C=O) groups is 2. The SMILES string of the molecule is C=CC(=O)N1CCNC(C)C1.O=C(O)C(F)(F)F. The van der Waals surface area contributed by atoms with E-state index in [4.69, 9.17) is 9.90 Å². The molecule has 0 radical (unpaired) electrons. The lowest BCUT2D eigenvalue weighted by atomic mass is 10.2. The number of carbonyl (C=O) groups excluding carboxylic acids is 1. The molecule has 0 bridgehead atoms. The van der Waals surface area contributed by atoms with E-state index in [2.05, 4.69) is 18.8 Å². The van der Waals surface area contributed by atoms with Gasteiger partial charge in [0, 0.05) is 25.7 Å². The molecule has 8 heteroatoms. The monoisotopic (exact) mass is 268 g/mol. The van der Waals surface area contributed by atoms with Gasteiger partial charge in [-0.05, 0) is 13.0 Å². The molecule has 1 unspecified atom stereocenters. The molecule has 1 aliphatic heterocycles. The Kier molecular flexibility index (Phi) is 6.39. The number of hydrogen-bond acceptors (Lipinski definition) is 3. The molecular formula is C10H15F3N2O3. The van der Waals surface area contributed by atoms with Crippen LogP contribution in [0.2, 0.25) is 0 Å². The third kappa shape index (κ3) is 6.24. The van der Waals surface area contributed by atoms with Gasteiger partial charge in [0.15, 0.2) is 0 Å². The lowest BCUT2D eigenvalue weighted by Gasteiger charge is -2.30. The fourth-order valence-electron chi connectivity index (χ4n) is 1.26. The summed E-state index contributed by atoms with van der Waals surface area (Å²) in [6, 6.07) is 0.410. The zero-order valence-electron chi connectivity index (χ0n) is 9.83. The summed E-state index contributed by atoms with van der Waals surface area (Å²) < 4.78 is 31.7. The topological polar surface area (TPSA) is 69.6 Å². The Morgan fingerprint density at radius 3 is 2.33 bits per heavy atom. The predicted octanol–water partition coefficient (Wildman–Crippen LogP) is 0.626. The Labute approximate surface area is 102 Å². The molecule has 18 heavy (non-hydrogen) atoms. The largest absolute Gasteiger partial charge is 0.490 e. The van der Waals surface area contributed by atoms with Crippen molar-refractivity contribution in [3.05, 3.63) is 12.7 Å². The molecule has 1 fully saturated rings. The highest BCUT2D eigenvalue weighted by Gasteiger charge is 2.38. The smallest absolute Gasteiger partial charge is 0.475 e. The van der Waals surface area contributed by atoms with Gasteiger partial charge in [-0.15, -0.1) is 0 Å². The molecule has 2 N–H and O–H groups in total. The van der Waals surface area contributed by atoms with Crippen LogP contribution in [-0.4, -0.2) is 53.7 Å². The van der Waals surface area contributed by atoms with Gasteiger partial charge in [0.2, 0.25) is 5.91 Å². The average Bonchev–Trinajstić information content (AvgIpc) is 2.27. The van der Waals surface area contributed by atoms with Crippen molar-refractivity contribution in [2.75, 3.05) is 19.6 Å². The summed E-state index contributed by atoms with van der Waals surface area (Å²) in [7, 11) is 0. The van der Waals surface area contributed by atoms with E-state index in [0.717, 1.165) is 19.6 Å². The lowest BCUT2D eigenvalue weighted by molar-refractivity contribution is -0.192. The Bertz CT molecular complexity index is 318. The van der Waals surface area contributed by atoms with E-state index in [1.807, 2.05) is 4.90 Å². The molecule has 0 aromatic carbocycles. The van der Waals surface area contributed by atoms with Crippen LogP contribution in [0.3, 0.4) is 0 Å². The lowest BCUT2D eigenvalue weighted by Crippen LogP contribution is -2.50. The molecule has 0 aliphatic carbocycles. The van der Waals surface area contributed by atoms with E-state index >= 15 is 0 Å². The van der Waals surface area contributed by atoms with Crippen molar-refractivity contribution in [1.29, 1.82) is 0 Å². The van der Waals surface area contributed by atoms with Crippen molar-refractivity contribution in [1.82, 2.24) is 10.2 Å². The van der Waals surface area contributed by atoms with Gasteiger partial charge in [-0.3, -0.25) is 4.79 Å². The van der Waals surface area contributed by atoms with Crippen molar-refractivity contribution in [3.63, 3.8) is 0 Å². The first-order valence-corrected chi connectivity index (χ1v) is 5.13. The number of nitrogens with one attached hydrogen (secondary N) is 1. The van der Waals surface area contributed by atoms with Crippen LogP contribution in [0, 0.1) is 0 Å². The molecular weight excluding hydrogens is 253 g/mol. The standard InChI is InChI=1S/C8H14N2O.C2HF3O2/c1-3-8(11)10-5-4-9-7(2)6-10;3-2(4,5)1(6)7/h3,7,9H,1,4-6H2,2H3;(H,6,7). The van der Waals surface area contributed by atoms with E-state index in [1.165, 1.54) is 6.08 Å². The maximum Gasteiger partial charge on any atom is 0.490 e. The van der Waals surface area contributed by atoms with Gasteiger partial charge in [0.1, 0.15) is 0 Å². The van der Waals surface area contributed by atoms with Crippen LogP contribution in [0.15, 0.2) is 12.7 Å². The molecule has 0 aromatic rings. The van der Waals surface area contributed by atoms with Gasteiger partial charge in [0.25, 0.3) is 0 Å². The van der Waals surface area contributed by atoms with Crippen molar-refractivity contribution in [3.8, 4) is 0 Å². The van der Waals surface area contributed by atoms with Gasteiger partial charge in [-0.1, -0.05) is 6.58 Å². The van der Waals surface area contributed by atoms with Crippen molar-refractivity contribution >= 4 is 11.9 Å². The van der Waals surface area contributed by atoms with Gasteiger partial charge >= 0.3 is 12.1 Å². The van der Waals surface area contributed by atoms with E-state index < -0.39 is 12.1 Å². The second-order valence-electron chi connectivity index (χ2n) is 3.65. The summed E-state index contributed by atoms with van der Waals surface area (Å²) in [5.74, 6) is -2.72. The van der Waals surface area contributed by atoms with Crippen molar-refractivity contribution in [2.24, 2.45) is 0 Å². The zero-order chi connectivity index (χ0) is 14.3. The molecule has 5 nitrogen and oxygen atoms in total. The highest BCUT2D eigenvalue weighted by molar-refractivity contribution is 5.87. The number of piperazine rings is 1. The molecule has 104 valence electrons. The normalized spacial score (nSPS) is 19.6. The van der Waals surface area contributed by atoms with Gasteiger partial charge in [-0.25, -0.2) is 4.79 Å². The highest BCUT2D eigenvalue weighted by atomic mass is 19.4. The van der Waals surface area contributed by atoms with E-state index in [-0.39, 0.29) is 5.91 Å². The van der Waals surface area contributed by atoms with Gasteiger partial charge in [0.05, 0.1) is 0 Å². The first kappa shape index (κ1) is 16.4. The minimum absolute atomic E-state index is 0.0401. The quantitative estimate of drug-likeness (QED) is 0.684. The second kappa shape index (κ2) is 7.00. The van der Waals surface area contributed by atoms with Crippen LogP contribution in [0.1, 0.15) is 6.92 Å². The summed E-state index contributed by atoms with van der Waals surface area (Å²) in [4.78, 5) is 21.8. The third-order valence-electron chi connectivity index (χ3n) is 2.10. The second-order valence-corrected chi connectivity index (χ2v) is 3.65. The summed E-state index contributed by atoms with van der Waals surface area (Å²) in [5, 5.41) is 10.4. The molecule has 1 amide bonds. The molecule has 1 saturated heterocycles. The zero-order valence-corrected chi connectivity index (χ0v) is 9.83. The van der Waals surface area contributed by atoms with Crippen LogP contribution >= 0.6 is 0 Å². The van der Waals surface area contributed by atoms with Crippen LogP contribution in [-0.2, 0) is 9.59 Å². The van der Waals surface area contributed by atoms with Crippen LogP contribution in [0.25, 0.3) is 0 Å². The Hall–Kier alpha value is -1.57. The first-order valence-electron chi connectivity index (χ1n) is 5.13. The molecule has 1 atom stereocenters. The summed E-state index contributed by atoms with van der Waals surface area (Å²) in [6.45, 7) is 8.01. The van der Waals surface area contributed by atoms with Crippen molar-refractivity contribution in [2.45, 2.75) is 19.1 Å². The summed E-state index contributed by atoms with van der Waals surface area (Å²) in [6.07, 6.45) is -3.71. The maximum absolute atomic E-state index is 11.1. The molecule has 1 heterocycles. The number of hydrogen-bond donors (Lipinski definition) is 2. The Balaban J connectivity index is 0.000000360. The minimum atomic E-state index is -5.08. The number of carboxylic acids is 1. The Morgan fingerprint density at radius 2 is 2.00 bits per heavy atom. The van der Waals surface area contributed by atoms with Gasteiger partial charge in [-0.2, -0.15) is 13.2 Å². The number of carboxylic acid groups (broad SMARTS) is 1. The summed E-state index contributed by atoms with van der Waals surface area (Å²) in [5.41, 5.74) is 0. The van der Waals surface area contributed by atoms with Crippen LogP contribution in [0.4, 0.5) is 13.2 Å². The fraction of sp³-hybridized carbons (Fsp3) is 0.600. The first-order chi connectivity index (χ1) is 8.18. The average molecular weight is 268 g/mol. The van der Waals surface area contributed by atoms with E-state index in [9.17, 15) is 18.0 Å². The van der Waals surface area contributed by atoms with E-state index in [0.29, 0.717) is 6.04 Å². The van der Waals surface area contributed by atoms with E-state index in [1.54, 1.807) is 0 Å². The predicted molar refractivity (Wildman–Crippen MR) is 57.9 cm³/mol. The minimum Gasteiger partial charge on any atom is -0.475 e. The number of rotatable bonds is 1. The Morgan fingerprint density at radius 1 is 1.50 bits per heavy atom. The number of amides is 1.